The number of likely N-dealkylation sites (tertiary alicyclic amines) is 1. The van der Waals surface area contributed by atoms with Crippen molar-refractivity contribution in [3.05, 3.63) is 34.7 Å². The van der Waals surface area contributed by atoms with E-state index in [2.05, 4.69) is 10.2 Å². The molecule has 0 saturated carbocycles. The SMILES string of the molecule is CCN1CC[C@H]2CC[C@@H](C(=O)N3CC(C(=O)N4CCOCC4)C3)N2C(=O)[C@@H](NC(=O)c2cc3cc(C(F)(F)P(=O)(O)O)ccc3s2)C1. The molecule has 6 rings (SSSR count). The quantitative estimate of drug-likeness (QED) is 0.366. The summed E-state index contributed by atoms with van der Waals surface area (Å²) in [6.07, 6.45) is 1.81. The first-order valence-corrected chi connectivity index (χ1v) is 18.2. The second-order valence-corrected chi connectivity index (χ2v) is 15.3. The molecule has 17 heteroatoms. The van der Waals surface area contributed by atoms with Crippen molar-refractivity contribution in [3.8, 4) is 0 Å². The number of carbonyl (C=O) groups excluding carboxylic acids is 4. The Balaban J connectivity index is 1.16. The smallest absolute Gasteiger partial charge is 0.378 e. The van der Waals surface area contributed by atoms with Gasteiger partial charge in [-0.3, -0.25) is 23.7 Å². The largest absolute Gasteiger partial charge is 0.399 e. The van der Waals surface area contributed by atoms with Gasteiger partial charge in [-0.05, 0) is 49.4 Å². The number of rotatable bonds is 7. The zero-order valence-electron chi connectivity index (χ0n) is 25.8. The molecule has 2 aromatic rings. The highest BCUT2D eigenvalue weighted by atomic mass is 32.1. The Morgan fingerprint density at radius 3 is 2.43 bits per heavy atom. The summed E-state index contributed by atoms with van der Waals surface area (Å²) in [5.41, 5.74) is -5.26. The molecule has 4 amide bonds. The molecule has 4 saturated heterocycles. The molecule has 4 aliphatic heterocycles. The van der Waals surface area contributed by atoms with Gasteiger partial charge in [0.05, 0.1) is 24.0 Å². The molecule has 1 aromatic heterocycles. The molecule has 13 nitrogen and oxygen atoms in total. The Morgan fingerprint density at radius 1 is 1.02 bits per heavy atom. The van der Waals surface area contributed by atoms with E-state index in [1.54, 1.807) is 14.7 Å². The van der Waals surface area contributed by atoms with Gasteiger partial charge in [0.2, 0.25) is 17.7 Å². The summed E-state index contributed by atoms with van der Waals surface area (Å²) in [6.45, 7) is 6.14. The first-order chi connectivity index (χ1) is 22.3. The molecule has 3 N–H and O–H groups in total. The molecular weight excluding hydrogens is 659 g/mol. The minimum Gasteiger partial charge on any atom is -0.378 e. The summed E-state index contributed by atoms with van der Waals surface area (Å²) in [5.74, 6) is -1.43. The van der Waals surface area contributed by atoms with Crippen molar-refractivity contribution in [2.75, 3.05) is 59.0 Å². The van der Waals surface area contributed by atoms with Gasteiger partial charge < -0.3 is 39.4 Å². The van der Waals surface area contributed by atoms with Crippen LogP contribution in [0.2, 0.25) is 0 Å². The van der Waals surface area contributed by atoms with Crippen molar-refractivity contribution in [1.29, 1.82) is 0 Å². The maximum atomic E-state index is 14.3. The van der Waals surface area contributed by atoms with Gasteiger partial charge in [-0.25, -0.2) is 0 Å². The van der Waals surface area contributed by atoms with Gasteiger partial charge in [-0.15, -0.1) is 11.3 Å². The maximum absolute atomic E-state index is 14.3. The molecule has 47 heavy (non-hydrogen) atoms. The van der Waals surface area contributed by atoms with Gasteiger partial charge in [-0.1, -0.05) is 13.0 Å². The second kappa shape index (κ2) is 13.1. The van der Waals surface area contributed by atoms with Crippen molar-refractivity contribution >= 4 is 52.6 Å². The van der Waals surface area contributed by atoms with E-state index in [1.165, 1.54) is 12.1 Å². The molecular formula is C30H38F2N5O8PS. The molecule has 3 atom stereocenters. The van der Waals surface area contributed by atoms with Crippen LogP contribution in [0, 0.1) is 5.92 Å². The lowest BCUT2D eigenvalue weighted by Crippen LogP contribution is -2.64. The Bertz CT molecular complexity index is 1610. The normalized spacial score (nSPS) is 24.9. The predicted molar refractivity (Wildman–Crippen MR) is 167 cm³/mol. The minimum atomic E-state index is -5.77. The summed E-state index contributed by atoms with van der Waals surface area (Å²) < 4.78 is 45.8. The van der Waals surface area contributed by atoms with Crippen molar-refractivity contribution in [1.82, 2.24) is 24.9 Å². The highest BCUT2D eigenvalue weighted by Crippen LogP contribution is 2.59. The van der Waals surface area contributed by atoms with Gasteiger partial charge in [0.25, 0.3) is 5.91 Å². The third kappa shape index (κ3) is 6.55. The van der Waals surface area contributed by atoms with Crippen molar-refractivity contribution in [2.24, 2.45) is 5.92 Å². The van der Waals surface area contributed by atoms with Crippen LogP contribution in [0.25, 0.3) is 10.1 Å². The first kappa shape index (κ1) is 33.9. The monoisotopic (exact) mass is 697 g/mol. The van der Waals surface area contributed by atoms with E-state index >= 15 is 0 Å². The van der Waals surface area contributed by atoms with E-state index in [0.29, 0.717) is 76.4 Å². The van der Waals surface area contributed by atoms with Gasteiger partial charge in [0, 0.05) is 55.6 Å². The lowest BCUT2D eigenvalue weighted by molar-refractivity contribution is -0.157. The Hall–Kier alpha value is -3.01. The molecule has 4 aliphatic rings. The van der Waals surface area contributed by atoms with Crippen molar-refractivity contribution < 1.29 is 47.0 Å². The van der Waals surface area contributed by atoms with E-state index in [1.807, 2.05) is 6.92 Å². The van der Waals surface area contributed by atoms with Crippen LogP contribution in [0.4, 0.5) is 8.78 Å². The number of fused-ring (bicyclic) bond motifs is 2. The number of carbonyl (C=O) groups is 4. The Kier molecular flexibility index (Phi) is 9.46. The number of benzene rings is 1. The number of nitrogens with zero attached hydrogens (tertiary/aromatic N) is 4. The van der Waals surface area contributed by atoms with E-state index in [4.69, 9.17) is 14.5 Å². The van der Waals surface area contributed by atoms with Gasteiger partial charge in [0.15, 0.2) is 0 Å². The molecule has 0 unspecified atom stereocenters. The van der Waals surface area contributed by atoms with Crippen molar-refractivity contribution in [2.45, 2.75) is 50.0 Å². The Morgan fingerprint density at radius 2 is 1.74 bits per heavy atom. The fraction of sp³-hybridized carbons (Fsp3) is 0.600. The van der Waals surface area contributed by atoms with Crippen LogP contribution in [0.3, 0.4) is 0 Å². The molecule has 5 heterocycles. The molecule has 0 aliphatic carbocycles. The lowest BCUT2D eigenvalue weighted by atomic mass is 9.96. The number of hydrogen-bond acceptors (Lipinski definition) is 8. The van der Waals surface area contributed by atoms with E-state index in [0.717, 1.165) is 23.5 Å². The van der Waals surface area contributed by atoms with Crippen LogP contribution in [0.1, 0.15) is 41.4 Å². The van der Waals surface area contributed by atoms with Crippen molar-refractivity contribution in [3.63, 3.8) is 0 Å². The predicted octanol–water partition coefficient (Wildman–Crippen LogP) is 1.63. The maximum Gasteiger partial charge on any atom is 0.399 e. The van der Waals surface area contributed by atoms with Crippen LogP contribution in [0.15, 0.2) is 24.3 Å². The van der Waals surface area contributed by atoms with Crippen LogP contribution < -0.4 is 5.32 Å². The zero-order chi connectivity index (χ0) is 33.7. The minimum absolute atomic E-state index is 0.0133. The topological polar surface area (TPSA) is 160 Å². The standard InChI is InChI=1S/C30H38F2N5O8PS/c1-2-34-8-7-21-4-5-23(29(41)36-15-19(16-36)27(39)35-9-11-45-12-10-35)37(21)28(40)22(17-34)33-26(38)25-14-18-13-20(3-6-24(18)47-25)30(31,32)46(42,43)44/h3,6,13-14,19,21-23H,2,4-5,7-12,15-17H2,1H3,(H,33,38)(H2,42,43,44)/t21-,22+,23+/m1/s1. The summed E-state index contributed by atoms with van der Waals surface area (Å²) in [7, 11) is -5.77. The van der Waals surface area contributed by atoms with Gasteiger partial charge in [-0.2, -0.15) is 8.78 Å². The number of amides is 4. The second-order valence-electron chi connectivity index (χ2n) is 12.5. The highest BCUT2D eigenvalue weighted by Gasteiger charge is 2.51. The van der Waals surface area contributed by atoms with Gasteiger partial charge >= 0.3 is 13.3 Å². The average Bonchev–Trinajstić information content (AvgIpc) is 3.64. The van der Waals surface area contributed by atoms with Crippen LogP contribution in [0.5, 0.6) is 0 Å². The highest BCUT2D eigenvalue weighted by molar-refractivity contribution is 7.52. The molecule has 0 radical (unpaired) electrons. The summed E-state index contributed by atoms with van der Waals surface area (Å²) in [5, 5.41) is 3.02. The number of morpholine rings is 1. The number of ether oxygens (including phenoxy) is 1. The number of likely N-dealkylation sites (N-methyl/N-ethyl adjacent to an activating group) is 1. The fourth-order valence-corrected chi connectivity index (χ4v) is 8.31. The number of thiophene rings is 1. The lowest BCUT2D eigenvalue weighted by Gasteiger charge is -2.44. The molecule has 1 aromatic carbocycles. The van der Waals surface area contributed by atoms with Crippen LogP contribution >= 0.6 is 18.9 Å². The third-order valence-electron chi connectivity index (χ3n) is 9.63. The average molecular weight is 698 g/mol. The van der Waals surface area contributed by atoms with Crippen LogP contribution in [-0.2, 0) is 29.3 Å². The first-order valence-electron chi connectivity index (χ1n) is 15.8. The number of nitrogens with one attached hydrogen (secondary N) is 1. The molecule has 0 bridgehead atoms. The Labute approximate surface area is 273 Å². The molecule has 256 valence electrons. The fourth-order valence-electron chi connectivity index (χ4n) is 6.88. The summed E-state index contributed by atoms with van der Waals surface area (Å²) in [4.78, 5) is 79.7. The van der Waals surface area contributed by atoms with Crippen LogP contribution in [-0.4, -0.2) is 130 Å². The van der Waals surface area contributed by atoms with Gasteiger partial charge in [0.1, 0.15) is 12.1 Å². The number of hydrogen-bond donors (Lipinski definition) is 3. The van der Waals surface area contributed by atoms with E-state index in [9.17, 15) is 32.5 Å². The molecule has 0 spiro atoms. The molecule has 4 fully saturated rings. The number of alkyl halides is 2. The van der Waals surface area contributed by atoms with E-state index < -0.39 is 36.8 Å². The zero-order valence-corrected chi connectivity index (χ0v) is 27.6. The summed E-state index contributed by atoms with van der Waals surface area (Å²) in [6, 6.07) is 2.62. The summed E-state index contributed by atoms with van der Waals surface area (Å²) >= 11 is 1.00. The third-order valence-corrected chi connectivity index (χ3v) is 11.7. The number of halogens is 2. The van der Waals surface area contributed by atoms with E-state index in [-0.39, 0.29) is 46.5 Å².